The summed E-state index contributed by atoms with van der Waals surface area (Å²) in [7, 11) is 1.62. The van der Waals surface area contributed by atoms with Crippen LogP contribution in [0.5, 0.6) is 11.5 Å². The number of benzene rings is 1. The molecule has 1 amide bonds. The first-order chi connectivity index (χ1) is 14.5. The van der Waals surface area contributed by atoms with Gasteiger partial charge in [-0.25, -0.2) is 9.98 Å². The molecule has 160 valence electrons. The molecule has 1 aromatic rings. The van der Waals surface area contributed by atoms with E-state index in [1.165, 1.54) is 19.8 Å². The molecular weight excluding hydrogens is 386 g/mol. The molecule has 3 atom stereocenters. The number of fused-ring (bicyclic) bond motifs is 1. The summed E-state index contributed by atoms with van der Waals surface area (Å²) in [6, 6.07) is 5.36. The predicted molar refractivity (Wildman–Crippen MR) is 112 cm³/mol. The van der Waals surface area contributed by atoms with Gasteiger partial charge in [0.15, 0.2) is 6.10 Å². The Labute approximate surface area is 176 Å². The molecule has 0 bridgehead atoms. The van der Waals surface area contributed by atoms with Gasteiger partial charge in [-0.15, -0.1) is 0 Å². The first-order valence-corrected chi connectivity index (χ1v) is 10.2. The average Bonchev–Trinajstić information content (AvgIpc) is 3.46. The third kappa shape index (κ3) is 4.93. The molecule has 2 unspecified atom stereocenters. The van der Waals surface area contributed by atoms with Gasteiger partial charge in [0.2, 0.25) is 17.7 Å². The highest BCUT2D eigenvalue weighted by Crippen LogP contribution is 2.33. The molecule has 0 radical (unpaired) electrons. The lowest BCUT2D eigenvalue weighted by Crippen LogP contribution is -2.34. The fourth-order valence-corrected chi connectivity index (χ4v) is 3.28. The lowest BCUT2D eigenvalue weighted by molar-refractivity contribution is -0.119. The second-order valence-corrected chi connectivity index (χ2v) is 7.82. The van der Waals surface area contributed by atoms with Gasteiger partial charge in [0.1, 0.15) is 24.1 Å². The Morgan fingerprint density at radius 3 is 2.90 bits per heavy atom. The number of aliphatic imine (C=N–C) groups is 2. The van der Waals surface area contributed by atoms with Crippen LogP contribution >= 0.6 is 0 Å². The molecule has 0 saturated heterocycles. The van der Waals surface area contributed by atoms with E-state index in [1.54, 1.807) is 19.4 Å². The van der Waals surface area contributed by atoms with Crippen molar-refractivity contribution >= 4 is 18.0 Å². The summed E-state index contributed by atoms with van der Waals surface area (Å²) in [5, 5.41) is 2.77. The van der Waals surface area contributed by atoms with Crippen molar-refractivity contribution in [1.29, 1.82) is 0 Å². The molecule has 2 heterocycles. The maximum atomic E-state index is 11.1. The Bertz CT molecular complexity index is 891. The average molecular weight is 413 g/mol. The molecule has 2 aliphatic heterocycles. The quantitative estimate of drug-likeness (QED) is 0.672. The standard InChI is InChI=1S/C22H27N3O5/c1-13(24-14(2)26)11-29-21-9-20-18(10-23-21)25-22(30-20)17-7-6-16(8-19(17)27-3)28-12-15-4-5-15/h6-10,13,15,18,20H,4-5,11-12H2,1-3H3,(H,24,26)/t13-,18?,20?/m0/s1. The van der Waals surface area contributed by atoms with Crippen molar-refractivity contribution in [1.82, 2.24) is 5.32 Å². The Hall–Kier alpha value is -3.03. The predicted octanol–water partition coefficient (Wildman–Crippen LogP) is 2.47. The number of hydrogen-bond acceptors (Lipinski definition) is 7. The van der Waals surface area contributed by atoms with Crippen LogP contribution in [0.1, 0.15) is 32.3 Å². The highest BCUT2D eigenvalue weighted by molar-refractivity contribution is 6.00. The van der Waals surface area contributed by atoms with Gasteiger partial charge in [0.25, 0.3) is 0 Å². The number of rotatable bonds is 9. The van der Waals surface area contributed by atoms with Crippen LogP contribution in [0.15, 0.2) is 40.1 Å². The first-order valence-electron chi connectivity index (χ1n) is 10.2. The van der Waals surface area contributed by atoms with E-state index >= 15 is 0 Å². The Morgan fingerprint density at radius 1 is 1.33 bits per heavy atom. The van der Waals surface area contributed by atoms with Crippen molar-refractivity contribution < 1.29 is 23.7 Å². The van der Waals surface area contributed by atoms with E-state index in [-0.39, 0.29) is 24.1 Å². The number of methoxy groups -OCH3 is 1. The number of amides is 1. The molecule has 8 heteroatoms. The lowest BCUT2D eigenvalue weighted by atomic mass is 10.1. The van der Waals surface area contributed by atoms with Gasteiger partial charge < -0.3 is 24.3 Å². The fraction of sp³-hybridized carbons (Fsp3) is 0.500. The van der Waals surface area contributed by atoms with Gasteiger partial charge in [0, 0.05) is 25.3 Å². The van der Waals surface area contributed by atoms with Crippen molar-refractivity contribution in [3.63, 3.8) is 0 Å². The summed E-state index contributed by atoms with van der Waals surface area (Å²) in [6.07, 6.45) is 5.72. The van der Waals surface area contributed by atoms with E-state index in [2.05, 4.69) is 15.3 Å². The molecule has 0 aromatic heterocycles. The summed E-state index contributed by atoms with van der Waals surface area (Å²) >= 11 is 0. The number of ether oxygens (including phenoxy) is 4. The van der Waals surface area contributed by atoms with E-state index in [4.69, 9.17) is 18.9 Å². The van der Waals surface area contributed by atoms with Crippen LogP contribution < -0.4 is 14.8 Å². The van der Waals surface area contributed by atoms with Crippen molar-refractivity contribution in [3.8, 4) is 11.5 Å². The minimum absolute atomic E-state index is 0.0950. The molecule has 1 aliphatic carbocycles. The van der Waals surface area contributed by atoms with Crippen molar-refractivity contribution in [2.45, 2.75) is 44.9 Å². The van der Waals surface area contributed by atoms with E-state index in [9.17, 15) is 4.79 Å². The van der Waals surface area contributed by atoms with Crippen molar-refractivity contribution in [3.05, 3.63) is 35.7 Å². The second kappa shape index (κ2) is 8.77. The van der Waals surface area contributed by atoms with Crippen LogP contribution in [0.4, 0.5) is 0 Å². The number of nitrogens with zero attached hydrogens (tertiary/aromatic N) is 2. The lowest BCUT2D eigenvalue weighted by Gasteiger charge is -2.19. The van der Waals surface area contributed by atoms with E-state index in [1.807, 2.05) is 25.1 Å². The topological polar surface area (TPSA) is 90.7 Å². The van der Waals surface area contributed by atoms with Crippen LogP contribution in [-0.4, -0.2) is 56.5 Å². The SMILES string of the molecule is COc1cc(OCC2CC2)ccc1C1=NC2C=NC(OC[C@H](C)NC(C)=O)=CC2O1. The van der Waals surface area contributed by atoms with E-state index in [0.29, 0.717) is 30.1 Å². The van der Waals surface area contributed by atoms with Crippen molar-refractivity contribution in [2.24, 2.45) is 15.9 Å². The summed E-state index contributed by atoms with van der Waals surface area (Å²) < 4.78 is 23.1. The Balaban J connectivity index is 1.39. The molecular formula is C22H27N3O5. The van der Waals surface area contributed by atoms with Gasteiger partial charge in [-0.05, 0) is 37.8 Å². The molecule has 1 fully saturated rings. The number of carbonyl (C=O) groups is 1. The first kappa shape index (κ1) is 20.3. The molecule has 0 spiro atoms. The monoisotopic (exact) mass is 413 g/mol. The van der Waals surface area contributed by atoms with Gasteiger partial charge in [-0.1, -0.05) is 0 Å². The zero-order valence-corrected chi connectivity index (χ0v) is 17.5. The van der Waals surface area contributed by atoms with E-state index < -0.39 is 0 Å². The van der Waals surface area contributed by atoms with E-state index in [0.717, 1.165) is 17.9 Å². The highest BCUT2D eigenvalue weighted by Gasteiger charge is 2.33. The van der Waals surface area contributed by atoms with Crippen LogP contribution in [0, 0.1) is 5.92 Å². The number of hydrogen-bond donors (Lipinski definition) is 1. The maximum absolute atomic E-state index is 11.1. The molecule has 4 rings (SSSR count). The molecule has 1 N–H and O–H groups in total. The van der Waals surface area contributed by atoms with Crippen LogP contribution in [0.3, 0.4) is 0 Å². The zero-order chi connectivity index (χ0) is 21.1. The smallest absolute Gasteiger partial charge is 0.221 e. The van der Waals surface area contributed by atoms with Gasteiger partial charge in [-0.3, -0.25) is 4.79 Å². The minimum Gasteiger partial charge on any atom is -0.496 e. The molecule has 3 aliphatic rings. The summed E-state index contributed by atoms with van der Waals surface area (Å²) in [4.78, 5) is 20.1. The van der Waals surface area contributed by atoms with Crippen LogP contribution in [-0.2, 0) is 14.3 Å². The summed E-state index contributed by atoms with van der Waals surface area (Å²) in [6.45, 7) is 4.41. The molecule has 1 aromatic carbocycles. The van der Waals surface area contributed by atoms with Crippen LogP contribution in [0.2, 0.25) is 0 Å². The van der Waals surface area contributed by atoms with Gasteiger partial charge in [0.05, 0.1) is 25.3 Å². The maximum Gasteiger partial charge on any atom is 0.221 e. The Kier molecular flexibility index (Phi) is 5.92. The number of carbonyl (C=O) groups excluding carboxylic acids is 1. The van der Waals surface area contributed by atoms with Gasteiger partial charge in [-0.2, -0.15) is 0 Å². The normalized spacial score (nSPS) is 22.9. The van der Waals surface area contributed by atoms with Gasteiger partial charge >= 0.3 is 0 Å². The highest BCUT2D eigenvalue weighted by atomic mass is 16.5. The summed E-state index contributed by atoms with van der Waals surface area (Å²) in [5.41, 5.74) is 0.772. The fourth-order valence-electron chi connectivity index (χ4n) is 3.28. The third-order valence-electron chi connectivity index (χ3n) is 5.03. The van der Waals surface area contributed by atoms with Crippen molar-refractivity contribution in [2.75, 3.05) is 20.3 Å². The molecule has 8 nitrogen and oxygen atoms in total. The minimum atomic E-state index is -0.293. The number of nitrogens with one attached hydrogen (secondary N) is 1. The third-order valence-corrected chi connectivity index (χ3v) is 5.03. The largest absolute Gasteiger partial charge is 0.496 e. The molecule has 1 saturated carbocycles. The van der Waals surface area contributed by atoms with Crippen LogP contribution in [0.25, 0.3) is 0 Å². The molecule has 30 heavy (non-hydrogen) atoms. The summed E-state index contributed by atoms with van der Waals surface area (Å²) in [5.74, 6) is 2.99. The zero-order valence-electron chi connectivity index (χ0n) is 17.5. The second-order valence-electron chi connectivity index (χ2n) is 7.82. The Morgan fingerprint density at radius 2 is 2.17 bits per heavy atom.